The van der Waals surface area contributed by atoms with Crippen LogP contribution in [0.4, 0.5) is 0 Å². The number of carbonyl (C=O) groups excluding carboxylic acids is 1. The minimum Gasteiger partial charge on any atom is -0.475 e. The molecule has 0 aliphatic carbocycles. The fourth-order valence-corrected chi connectivity index (χ4v) is 4.50. The van der Waals surface area contributed by atoms with Gasteiger partial charge in [0.1, 0.15) is 23.8 Å². The number of hydrogen-bond acceptors (Lipinski definition) is 8. The summed E-state index contributed by atoms with van der Waals surface area (Å²) in [6, 6.07) is 9.29. The van der Waals surface area contributed by atoms with Gasteiger partial charge in [0.2, 0.25) is 11.8 Å². The zero-order valence-corrected chi connectivity index (χ0v) is 19.8. The molecular formula is C26H27N5O5. The van der Waals surface area contributed by atoms with Crippen molar-refractivity contribution in [2.45, 2.75) is 32.4 Å². The first-order valence-electron chi connectivity index (χ1n) is 11.8. The molecule has 10 nitrogen and oxygen atoms in total. The van der Waals surface area contributed by atoms with E-state index in [0.717, 1.165) is 35.0 Å². The molecule has 0 radical (unpaired) electrons. The predicted molar refractivity (Wildman–Crippen MR) is 132 cm³/mol. The van der Waals surface area contributed by atoms with E-state index in [-0.39, 0.29) is 31.8 Å². The second-order valence-corrected chi connectivity index (χ2v) is 8.59. The highest BCUT2D eigenvalue weighted by Crippen LogP contribution is 2.41. The summed E-state index contributed by atoms with van der Waals surface area (Å²) in [6.07, 6.45) is 6.50. The van der Waals surface area contributed by atoms with Gasteiger partial charge in [-0.25, -0.2) is 4.98 Å². The number of aromatic nitrogens is 4. The number of rotatable bonds is 8. The van der Waals surface area contributed by atoms with Gasteiger partial charge in [-0.2, -0.15) is 0 Å². The molecule has 1 aromatic carbocycles. The molecule has 1 fully saturated rings. The summed E-state index contributed by atoms with van der Waals surface area (Å²) in [5.41, 5.74) is 3.74. The van der Waals surface area contributed by atoms with Gasteiger partial charge in [0.15, 0.2) is 0 Å². The summed E-state index contributed by atoms with van der Waals surface area (Å²) in [4.78, 5) is 30.5. The molecule has 1 unspecified atom stereocenters. The maximum Gasteiger partial charge on any atom is 0.219 e. The number of likely N-dealkylation sites (tertiary alicyclic amines) is 1. The standard InChI is InChI=1S/C26H27N5O5/c1-16(34)31-6-2-3-24(31)20-11-21-17(9-22(30-21)23-14-27-18(15-33)12-28-23)10-25(20)36-19-4-5-26(29-13-19)35-8-7-32/h4-5,9-14,24,30,32-33H,2-3,6-8,15H2,1H3. The van der Waals surface area contributed by atoms with Crippen molar-refractivity contribution in [1.82, 2.24) is 24.8 Å². The molecule has 0 spiro atoms. The third-order valence-electron chi connectivity index (χ3n) is 6.19. The molecule has 4 heterocycles. The topological polar surface area (TPSA) is 134 Å². The van der Waals surface area contributed by atoms with Gasteiger partial charge in [-0.15, -0.1) is 0 Å². The monoisotopic (exact) mass is 489 g/mol. The van der Waals surface area contributed by atoms with E-state index in [0.29, 0.717) is 35.3 Å². The number of pyridine rings is 1. The number of benzene rings is 1. The van der Waals surface area contributed by atoms with Gasteiger partial charge in [-0.3, -0.25) is 14.8 Å². The van der Waals surface area contributed by atoms with Crippen molar-refractivity contribution < 1.29 is 24.5 Å². The second kappa shape index (κ2) is 10.3. The van der Waals surface area contributed by atoms with E-state index < -0.39 is 0 Å². The molecule has 0 saturated carbocycles. The van der Waals surface area contributed by atoms with E-state index in [4.69, 9.17) is 14.6 Å². The van der Waals surface area contributed by atoms with Gasteiger partial charge in [-0.1, -0.05) is 0 Å². The van der Waals surface area contributed by atoms with E-state index in [1.54, 1.807) is 37.6 Å². The first-order valence-corrected chi connectivity index (χ1v) is 11.8. The fourth-order valence-electron chi connectivity index (χ4n) is 4.50. The summed E-state index contributed by atoms with van der Waals surface area (Å²) in [7, 11) is 0. The quantitative estimate of drug-likeness (QED) is 0.343. The highest BCUT2D eigenvalue weighted by Gasteiger charge is 2.31. The van der Waals surface area contributed by atoms with Crippen molar-refractivity contribution in [2.24, 2.45) is 0 Å². The Hall–Kier alpha value is -4.02. The van der Waals surface area contributed by atoms with Gasteiger partial charge in [0, 0.05) is 36.0 Å². The minimum atomic E-state index is -0.165. The first-order chi connectivity index (χ1) is 17.6. The Bertz CT molecular complexity index is 1350. The largest absolute Gasteiger partial charge is 0.475 e. The smallest absolute Gasteiger partial charge is 0.219 e. The molecule has 0 bridgehead atoms. The maximum absolute atomic E-state index is 12.3. The molecule has 1 saturated heterocycles. The lowest BCUT2D eigenvalue weighted by molar-refractivity contribution is -0.129. The van der Waals surface area contributed by atoms with Crippen LogP contribution in [0, 0.1) is 0 Å². The molecule has 10 heteroatoms. The van der Waals surface area contributed by atoms with E-state index in [1.807, 2.05) is 23.1 Å². The van der Waals surface area contributed by atoms with Crippen LogP contribution in [0.2, 0.25) is 0 Å². The third kappa shape index (κ3) is 4.86. The summed E-state index contributed by atoms with van der Waals surface area (Å²) < 4.78 is 11.6. The van der Waals surface area contributed by atoms with Gasteiger partial charge in [0.25, 0.3) is 0 Å². The van der Waals surface area contributed by atoms with Crippen molar-refractivity contribution in [3.8, 4) is 28.8 Å². The maximum atomic E-state index is 12.3. The normalized spacial score (nSPS) is 15.4. The van der Waals surface area contributed by atoms with Crippen LogP contribution in [-0.2, 0) is 11.4 Å². The number of nitrogens with one attached hydrogen (secondary N) is 1. The zero-order chi connectivity index (χ0) is 25.1. The predicted octanol–water partition coefficient (Wildman–Crippen LogP) is 3.36. The molecule has 5 rings (SSSR count). The van der Waals surface area contributed by atoms with Crippen molar-refractivity contribution in [3.63, 3.8) is 0 Å². The van der Waals surface area contributed by atoms with Crippen LogP contribution in [0.25, 0.3) is 22.3 Å². The summed E-state index contributed by atoms with van der Waals surface area (Å²) in [5, 5.41) is 19.1. The highest BCUT2D eigenvalue weighted by molar-refractivity contribution is 5.88. The van der Waals surface area contributed by atoms with Crippen LogP contribution in [0.15, 0.2) is 48.9 Å². The Morgan fingerprint density at radius 2 is 2.03 bits per heavy atom. The van der Waals surface area contributed by atoms with Gasteiger partial charge >= 0.3 is 0 Å². The number of aliphatic hydroxyl groups excluding tert-OH is 2. The SMILES string of the molecule is CC(=O)N1CCCC1c1cc2[nH]c(-c3cnc(CO)cn3)cc2cc1Oc1ccc(OCCO)nc1. The van der Waals surface area contributed by atoms with Gasteiger partial charge in [0.05, 0.1) is 49.2 Å². The Morgan fingerprint density at radius 1 is 1.14 bits per heavy atom. The fraction of sp³-hybridized carbons (Fsp3) is 0.308. The average Bonchev–Trinajstić information content (AvgIpc) is 3.55. The van der Waals surface area contributed by atoms with Crippen LogP contribution in [0.1, 0.15) is 37.1 Å². The Balaban J connectivity index is 1.53. The summed E-state index contributed by atoms with van der Waals surface area (Å²) in [6.45, 7) is 2.21. The first kappa shape index (κ1) is 23.7. The number of carbonyl (C=O) groups is 1. The Morgan fingerprint density at radius 3 is 2.72 bits per heavy atom. The lowest BCUT2D eigenvalue weighted by atomic mass is 10.0. The average molecular weight is 490 g/mol. The van der Waals surface area contributed by atoms with Crippen molar-refractivity contribution in [1.29, 1.82) is 0 Å². The van der Waals surface area contributed by atoms with Crippen LogP contribution in [-0.4, -0.2) is 60.7 Å². The number of aliphatic hydroxyl groups is 2. The van der Waals surface area contributed by atoms with Crippen LogP contribution < -0.4 is 9.47 Å². The molecular weight excluding hydrogens is 462 g/mol. The number of fused-ring (bicyclic) bond motifs is 1. The number of ether oxygens (including phenoxy) is 2. The van der Waals surface area contributed by atoms with E-state index >= 15 is 0 Å². The second-order valence-electron chi connectivity index (χ2n) is 8.59. The summed E-state index contributed by atoms with van der Waals surface area (Å²) >= 11 is 0. The number of aromatic amines is 1. The molecule has 3 aromatic heterocycles. The van der Waals surface area contributed by atoms with Crippen LogP contribution in [0.3, 0.4) is 0 Å². The van der Waals surface area contributed by atoms with Crippen LogP contribution in [0.5, 0.6) is 17.4 Å². The molecule has 1 amide bonds. The lowest BCUT2D eigenvalue weighted by Gasteiger charge is -2.25. The lowest BCUT2D eigenvalue weighted by Crippen LogP contribution is -2.28. The van der Waals surface area contributed by atoms with Crippen LogP contribution >= 0.6 is 0 Å². The molecule has 1 aliphatic rings. The van der Waals surface area contributed by atoms with Crippen molar-refractivity contribution in [2.75, 3.05) is 19.8 Å². The number of H-pyrrole nitrogens is 1. The number of hydrogen-bond donors (Lipinski definition) is 3. The van der Waals surface area contributed by atoms with E-state index in [9.17, 15) is 9.90 Å². The molecule has 1 aliphatic heterocycles. The number of amides is 1. The van der Waals surface area contributed by atoms with Gasteiger partial charge in [-0.05, 0) is 37.1 Å². The molecule has 36 heavy (non-hydrogen) atoms. The third-order valence-corrected chi connectivity index (χ3v) is 6.19. The summed E-state index contributed by atoms with van der Waals surface area (Å²) in [5.74, 6) is 1.59. The molecule has 4 aromatic rings. The molecule has 3 N–H and O–H groups in total. The Labute approximate surface area is 207 Å². The molecule has 1 atom stereocenters. The van der Waals surface area contributed by atoms with Crippen molar-refractivity contribution in [3.05, 3.63) is 60.2 Å². The van der Waals surface area contributed by atoms with E-state index in [1.165, 1.54) is 0 Å². The molecule has 186 valence electrons. The minimum absolute atomic E-state index is 0.0296. The Kier molecular flexibility index (Phi) is 6.79. The number of nitrogens with zero attached hydrogens (tertiary/aromatic N) is 4. The van der Waals surface area contributed by atoms with Gasteiger partial charge < -0.3 is 29.6 Å². The zero-order valence-electron chi connectivity index (χ0n) is 19.8. The van der Waals surface area contributed by atoms with E-state index in [2.05, 4.69) is 19.9 Å². The van der Waals surface area contributed by atoms with Crippen molar-refractivity contribution >= 4 is 16.8 Å². The highest BCUT2D eigenvalue weighted by atomic mass is 16.5.